The molecule has 0 atom stereocenters. The fourth-order valence-corrected chi connectivity index (χ4v) is 1.76. The number of hydrogen-bond donors (Lipinski definition) is 1. The van der Waals surface area contributed by atoms with Crippen molar-refractivity contribution in [1.82, 2.24) is 0 Å². The summed E-state index contributed by atoms with van der Waals surface area (Å²) >= 11 is 0. The average Bonchev–Trinajstić information content (AvgIpc) is 2.15. The molecule has 0 spiro atoms. The number of anilines is 1. The second-order valence-corrected chi connectivity index (χ2v) is 3.50. The van der Waals surface area contributed by atoms with Crippen LogP contribution in [0.4, 0.5) is 18.6 Å². The van der Waals surface area contributed by atoms with Crippen molar-refractivity contribution in [2.45, 2.75) is 12.8 Å². The topological polar surface area (TPSA) is 29.1 Å². The molecule has 2 nitrogen and oxygen atoms in total. The van der Waals surface area contributed by atoms with Gasteiger partial charge in [-0.3, -0.25) is 4.79 Å². The molecule has 0 bridgehead atoms. The minimum atomic E-state index is -5.00. The number of rotatable bonds is 1. The Morgan fingerprint density at radius 3 is 2.60 bits per heavy atom. The first-order chi connectivity index (χ1) is 6.98. The number of amides is 1. The predicted molar refractivity (Wildman–Crippen MR) is 52.1 cm³/mol. The lowest BCUT2D eigenvalue weighted by Crippen LogP contribution is -2.39. The van der Waals surface area contributed by atoms with Gasteiger partial charge in [-0.25, -0.2) is 0 Å². The highest BCUT2D eigenvalue weighted by molar-refractivity contribution is 6.74. The van der Waals surface area contributed by atoms with Gasteiger partial charge in [0, 0.05) is 12.1 Å². The summed E-state index contributed by atoms with van der Waals surface area (Å²) in [6.45, 7) is -5.00. The van der Waals surface area contributed by atoms with Crippen LogP contribution in [0.5, 0.6) is 0 Å². The van der Waals surface area contributed by atoms with Crippen LogP contribution in [0, 0.1) is 0 Å². The minimum Gasteiger partial charge on any atom is -0.445 e. The van der Waals surface area contributed by atoms with Gasteiger partial charge in [-0.2, -0.15) is 0 Å². The Morgan fingerprint density at radius 2 is 1.93 bits per heavy atom. The van der Waals surface area contributed by atoms with Crippen molar-refractivity contribution in [3.05, 3.63) is 23.8 Å². The summed E-state index contributed by atoms with van der Waals surface area (Å²) in [6, 6.07) is 3.88. The lowest BCUT2D eigenvalue weighted by Gasteiger charge is -2.25. The zero-order valence-electron chi connectivity index (χ0n) is 7.77. The van der Waals surface area contributed by atoms with Gasteiger partial charge in [-0.15, -0.1) is 5.46 Å². The Balaban J connectivity index is 2.51. The molecule has 1 N–H and O–H groups in total. The molecule has 1 amide bonds. The van der Waals surface area contributed by atoms with Crippen LogP contribution in [0.2, 0.25) is 0 Å². The molecule has 1 heterocycles. The van der Waals surface area contributed by atoms with Crippen LogP contribution in [0.1, 0.15) is 12.0 Å². The molecule has 0 radical (unpaired) electrons. The van der Waals surface area contributed by atoms with Crippen molar-refractivity contribution >= 4 is 24.0 Å². The van der Waals surface area contributed by atoms with E-state index in [1.807, 2.05) is 0 Å². The number of carbonyl (C=O) groups excluding carboxylic acids is 1. The van der Waals surface area contributed by atoms with Crippen molar-refractivity contribution in [2.24, 2.45) is 0 Å². The van der Waals surface area contributed by atoms with Gasteiger partial charge >= 0.3 is 6.98 Å². The van der Waals surface area contributed by atoms with E-state index >= 15 is 0 Å². The Bertz CT molecular complexity index is 416. The van der Waals surface area contributed by atoms with E-state index in [1.165, 1.54) is 12.1 Å². The molecule has 0 fully saturated rings. The predicted octanol–water partition coefficient (Wildman–Crippen LogP) is 1.63. The number of carbonyl (C=O) groups is 1. The van der Waals surface area contributed by atoms with E-state index in [0.29, 0.717) is 5.69 Å². The SMILES string of the molecule is O=C1CCc2c(cccc2[B-](F)(F)F)N1. The number of benzene rings is 1. The van der Waals surface area contributed by atoms with Gasteiger partial charge in [-0.1, -0.05) is 17.7 Å². The van der Waals surface area contributed by atoms with E-state index in [2.05, 4.69) is 5.32 Å². The first-order valence-corrected chi connectivity index (χ1v) is 4.60. The Hall–Kier alpha value is -1.46. The van der Waals surface area contributed by atoms with Crippen molar-refractivity contribution in [1.29, 1.82) is 0 Å². The highest BCUT2D eigenvalue weighted by Gasteiger charge is 2.30. The first kappa shape index (κ1) is 10.1. The molecular formula is C9H8BF3NO-. The van der Waals surface area contributed by atoms with E-state index < -0.39 is 12.4 Å². The maximum atomic E-state index is 12.6. The van der Waals surface area contributed by atoms with Crippen molar-refractivity contribution in [2.75, 3.05) is 5.32 Å². The maximum Gasteiger partial charge on any atom is 0.509 e. The molecule has 1 aromatic carbocycles. The lowest BCUT2D eigenvalue weighted by molar-refractivity contribution is -0.116. The highest BCUT2D eigenvalue weighted by Crippen LogP contribution is 2.24. The zero-order valence-corrected chi connectivity index (χ0v) is 7.77. The summed E-state index contributed by atoms with van der Waals surface area (Å²) in [6.07, 6.45) is 0.286. The Morgan fingerprint density at radius 1 is 1.20 bits per heavy atom. The Kier molecular flexibility index (Phi) is 2.21. The smallest absolute Gasteiger partial charge is 0.445 e. The van der Waals surface area contributed by atoms with Gasteiger partial charge < -0.3 is 18.3 Å². The van der Waals surface area contributed by atoms with Gasteiger partial charge in [0.15, 0.2) is 0 Å². The van der Waals surface area contributed by atoms with E-state index in [-0.39, 0.29) is 24.3 Å². The molecule has 0 aromatic heterocycles. The molecule has 2 rings (SSSR count). The first-order valence-electron chi connectivity index (χ1n) is 4.60. The van der Waals surface area contributed by atoms with Crippen LogP contribution in [0.25, 0.3) is 0 Å². The van der Waals surface area contributed by atoms with Gasteiger partial charge in [0.25, 0.3) is 0 Å². The van der Waals surface area contributed by atoms with E-state index in [0.717, 1.165) is 6.07 Å². The third kappa shape index (κ3) is 1.84. The van der Waals surface area contributed by atoms with E-state index in [4.69, 9.17) is 0 Å². The molecular weight excluding hydrogens is 206 g/mol. The Labute approximate surface area is 84.5 Å². The standard InChI is InChI=1S/C9H8BF3NO/c11-10(12,13)7-2-1-3-8-6(7)4-5-9(15)14-8/h1-3H,4-5H2,(H,14,15)/q-1. The van der Waals surface area contributed by atoms with E-state index in [1.54, 1.807) is 0 Å². The summed E-state index contributed by atoms with van der Waals surface area (Å²) in [4.78, 5) is 11.0. The van der Waals surface area contributed by atoms with Gasteiger partial charge in [0.2, 0.25) is 5.91 Å². The summed E-state index contributed by atoms with van der Waals surface area (Å²) in [7, 11) is 0. The van der Waals surface area contributed by atoms with Gasteiger partial charge in [0.05, 0.1) is 0 Å². The minimum absolute atomic E-state index is 0.121. The maximum absolute atomic E-state index is 12.6. The van der Waals surface area contributed by atoms with E-state index in [9.17, 15) is 17.7 Å². The molecule has 1 aromatic rings. The zero-order chi connectivity index (χ0) is 11.1. The second kappa shape index (κ2) is 3.29. The summed E-state index contributed by atoms with van der Waals surface area (Å²) < 4.78 is 37.9. The largest absolute Gasteiger partial charge is 0.509 e. The number of nitrogens with one attached hydrogen (secondary N) is 1. The fourth-order valence-electron chi connectivity index (χ4n) is 1.76. The van der Waals surface area contributed by atoms with Crippen LogP contribution in [-0.4, -0.2) is 12.9 Å². The van der Waals surface area contributed by atoms with Crippen molar-refractivity contribution in [3.8, 4) is 0 Å². The second-order valence-electron chi connectivity index (χ2n) is 3.50. The quantitative estimate of drug-likeness (QED) is 0.707. The monoisotopic (exact) mass is 214 g/mol. The van der Waals surface area contributed by atoms with Crippen LogP contribution in [0.3, 0.4) is 0 Å². The van der Waals surface area contributed by atoms with Gasteiger partial charge in [-0.05, 0) is 12.5 Å². The molecule has 0 saturated carbocycles. The number of halogens is 3. The summed E-state index contributed by atoms with van der Waals surface area (Å²) in [5.41, 5.74) is -0.0833. The molecule has 1 aliphatic heterocycles. The number of fused-ring (bicyclic) bond motifs is 1. The van der Waals surface area contributed by atoms with Crippen LogP contribution < -0.4 is 10.8 Å². The van der Waals surface area contributed by atoms with Crippen molar-refractivity contribution < 1.29 is 17.7 Å². The normalized spacial score (nSPS) is 15.8. The fraction of sp³-hybridized carbons (Fsp3) is 0.222. The average molecular weight is 214 g/mol. The molecule has 0 unspecified atom stereocenters. The van der Waals surface area contributed by atoms with Crippen LogP contribution >= 0.6 is 0 Å². The molecule has 80 valence electrons. The van der Waals surface area contributed by atoms with Gasteiger partial charge in [0.1, 0.15) is 0 Å². The molecule has 15 heavy (non-hydrogen) atoms. The van der Waals surface area contributed by atoms with Crippen LogP contribution in [0.15, 0.2) is 18.2 Å². The highest BCUT2D eigenvalue weighted by atomic mass is 19.4. The summed E-state index contributed by atoms with van der Waals surface area (Å²) in [5, 5.41) is 2.44. The molecule has 0 aliphatic carbocycles. The summed E-state index contributed by atoms with van der Waals surface area (Å²) in [5.74, 6) is -0.227. The van der Waals surface area contributed by atoms with Crippen molar-refractivity contribution in [3.63, 3.8) is 0 Å². The molecule has 1 aliphatic rings. The third-order valence-corrected chi connectivity index (χ3v) is 2.44. The third-order valence-electron chi connectivity index (χ3n) is 2.44. The lowest BCUT2D eigenvalue weighted by atomic mass is 9.74. The number of hydrogen-bond acceptors (Lipinski definition) is 1. The van der Waals surface area contributed by atoms with Crippen LogP contribution in [-0.2, 0) is 11.2 Å². The molecule has 0 saturated heterocycles. The molecule has 6 heteroatoms.